The Morgan fingerprint density at radius 1 is 1.19 bits per heavy atom. The van der Waals surface area contributed by atoms with E-state index >= 15 is 0 Å². The van der Waals surface area contributed by atoms with E-state index in [1.165, 1.54) is 11.0 Å². The van der Waals surface area contributed by atoms with Gasteiger partial charge in [0.15, 0.2) is 0 Å². The topological polar surface area (TPSA) is 38.8 Å². The van der Waals surface area contributed by atoms with Crippen LogP contribution >= 0.6 is 0 Å². The fraction of sp³-hybridized carbons (Fsp3) is 0.476. The highest BCUT2D eigenvalue weighted by Gasteiger charge is 2.15. The minimum absolute atomic E-state index is 0.165. The van der Waals surface area contributed by atoms with Crippen LogP contribution in [0.4, 0.5) is 9.18 Å². The molecule has 144 valence electrons. The number of hydrogen-bond donors (Lipinski definition) is 0. The summed E-state index contributed by atoms with van der Waals surface area (Å²) >= 11 is 0. The minimum atomic E-state index is -0.463. The third-order valence-electron chi connectivity index (χ3n) is 3.92. The van der Waals surface area contributed by atoms with E-state index in [2.05, 4.69) is 13.8 Å². The van der Waals surface area contributed by atoms with Crippen LogP contribution in [0.1, 0.15) is 51.7 Å². The standard InChI is InChI=1S/C19H24FNO3.C2H6/c1-6-15-17(20)8-7-13-9-14(10-16(12(2)3)18(13)15)23-11-24-19(22)21(4)5;1-2/h7-10,12H,6,11H2,1-5H3;1-2H3. The van der Waals surface area contributed by atoms with Crippen molar-refractivity contribution in [3.05, 3.63) is 41.2 Å². The summed E-state index contributed by atoms with van der Waals surface area (Å²) in [4.78, 5) is 12.8. The number of aryl methyl sites for hydroxylation is 1. The molecule has 4 nitrogen and oxygen atoms in total. The fourth-order valence-electron chi connectivity index (χ4n) is 2.68. The van der Waals surface area contributed by atoms with Crippen LogP contribution in [-0.2, 0) is 11.2 Å². The summed E-state index contributed by atoms with van der Waals surface area (Å²) in [5.74, 6) is 0.638. The first-order valence-corrected chi connectivity index (χ1v) is 9.07. The lowest BCUT2D eigenvalue weighted by Gasteiger charge is -2.17. The number of carbonyl (C=O) groups is 1. The Bertz CT molecular complexity index is 742. The van der Waals surface area contributed by atoms with Crippen molar-refractivity contribution in [2.45, 2.75) is 47.0 Å². The van der Waals surface area contributed by atoms with Gasteiger partial charge in [0.2, 0.25) is 6.79 Å². The molecule has 0 saturated carbocycles. The minimum Gasteiger partial charge on any atom is -0.457 e. The van der Waals surface area contributed by atoms with E-state index in [9.17, 15) is 9.18 Å². The van der Waals surface area contributed by atoms with Gasteiger partial charge in [-0.3, -0.25) is 0 Å². The second kappa shape index (κ2) is 10.00. The third-order valence-corrected chi connectivity index (χ3v) is 3.92. The van der Waals surface area contributed by atoms with Crippen molar-refractivity contribution in [1.82, 2.24) is 4.90 Å². The molecule has 0 aliphatic rings. The summed E-state index contributed by atoms with van der Waals surface area (Å²) in [7, 11) is 3.21. The van der Waals surface area contributed by atoms with Gasteiger partial charge in [0.25, 0.3) is 0 Å². The highest BCUT2D eigenvalue weighted by atomic mass is 19.1. The van der Waals surface area contributed by atoms with E-state index in [0.717, 1.165) is 21.9 Å². The van der Waals surface area contributed by atoms with Gasteiger partial charge in [0, 0.05) is 14.1 Å². The molecule has 0 bridgehead atoms. The fourth-order valence-corrected chi connectivity index (χ4v) is 2.68. The molecule has 0 aliphatic carbocycles. The molecule has 1 amide bonds. The van der Waals surface area contributed by atoms with Crippen molar-refractivity contribution >= 4 is 16.9 Å². The largest absolute Gasteiger partial charge is 0.457 e. The molecule has 2 rings (SSSR count). The molecular formula is C21H30FNO3. The molecule has 0 fully saturated rings. The van der Waals surface area contributed by atoms with E-state index in [0.29, 0.717) is 12.2 Å². The van der Waals surface area contributed by atoms with Crippen LogP contribution in [-0.4, -0.2) is 31.9 Å². The summed E-state index contributed by atoms with van der Waals surface area (Å²) in [5.41, 5.74) is 1.75. The highest BCUT2D eigenvalue weighted by molar-refractivity contribution is 5.91. The van der Waals surface area contributed by atoms with Crippen LogP contribution < -0.4 is 4.74 Å². The van der Waals surface area contributed by atoms with Crippen LogP contribution in [0.15, 0.2) is 24.3 Å². The van der Waals surface area contributed by atoms with E-state index in [1.807, 2.05) is 32.9 Å². The lowest BCUT2D eigenvalue weighted by Crippen LogP contribution is -2.24. The SMILES string of the molecule is CC.CCc1c(F)ccc2cc(OCOC(=O)N(C)C)cc(C(C)C)c12. The molecule has 0 aliphatic heterocycles. The second-order valence-electron chi connectivity index (χ2n) is 6.21. The molecule has 0 saturated heterocycles. The maximum Gasteiger partial charge on any atom is 0.412 e. The van der Waals surface area contributed by atoms with Crippen molar-refractivity contribution < 1.29 is 18.7 Å². The summed E-state index contributed by atoms with van der Waals surface area (Å²) in [6, 6.07) is 6.99. The molecule has 0 unspecified atom stereocenters. The Morgan fingerprint density at radius 2 is 1.85 bits per heavy atom. The number of benzene rings is 2. The maximum absolute atomic E-state index is 14.1. The van der Waals surface area contributed by atoms with Gasteiger partial charge in [-0.1, -0.05) is 40.7 Å². The predicted octanol–water partition coefficient (Wildman–Crippen LogP) is 5.73. The maximum atomic E-state index is 14.1. The Balaban J connectivity index is 0.00000163. The summed E-state index contributed by atoms with van der Waals surface area (Å²) < 4.78 is 24.7. The van der Waals surface area contributed by atoms with Gasteiger partial charge in [-0.25, -0.2) is 9.18 Å². The molecule has 0 heterocycles. The molecule has 26 heavy (non-hydrogen) atoms. The molecular weight excluding hydrogens is 333 g/mol. The smallest absolute Gasteiger partial charge is 0.412 e. The molecule has 2 aromatic carbocycles. The average Bonchev–Trinajstić information content (AvgIpc) is 2.62. The summed E-state index contributed by atoms with van der Waals surface area (Å²) in [6.07, 6.45) is 0.166. The quantitative estimate of drug-likeness (QED) is 0.637. The van der Waals surface area contributed by atoms with Gasteiger partial charge in [0.1, 0.15) is 11.6 Å². The van der Waals surface area contributed by atoms with Crippen molar-refractivity contribution in [2.24, 2.45) is 0 Å². The van der Waals surface area contributed by atoms with E-state index < -0.39 is 6.09 Å². The molecule has 0 N–H and O–H groups in total. The molecule has 0 aromatic heterocycles. The lowest BCUT2D eigenvalue weighted by atomic mass is 9.91. The predicted molar refractivity (Wildman–Crippen MR) is 104 cm³/mol. The third kappa shape index (κ3) is 5.10. The number of carbonyl (C=O) groups excluding carboxylic acids is 1. The molecule has 0 spiro atoms. The number of halogens is 1. The van der Waals surface area contributed by atoms with Gasteiger partial charge >= 0.3 is 6.09 Å². The number of rotatable bonds is 5. The first kappa shape index (κ1) is 21.7. The molecule has 2 aromatic rings. The molecule has 0 atom stereocenters. The second-order valence-corrected chi connectivity index (χ2v) is 6.21. The Labute approximate surface area is 155 Å². The molecule has 5 heteroatoms. The van der Waals surface area contributed by atoms with Gasteiger partial charge in [0.05, 0.1) is 0 Å². The van der Waals surface area contributed by atoms with Crippen molar-refractivity contribution in [3.8, 4) is 5.75 Å². The van der Waals surface area contributed by atoms with Crippen LogP contribution in [0.3, 0.4) is 0 Å². The van der Waals surface area contributed by atoms with Gasteiger partial charge in [-0.15, -0.1) is 0 Å². The Morgan fingerprint density at radius 3 is 2.38 bits per heavy atom. The first-order valence-electron chi connectivity index (χ1n) is 9.07. The summed E-state index contributed by atoms with van der Waals surface area (Å²) in [5, 5.41) is 1.87. The van der Waals surface area contributed by atoms with Crippen molar-refractivity contribution in [3.63, 3.8) is 0 Å². The van der Waals surface area contributed by atoms with E-state index in [1.54, 1.807) is 20.2 Å². The summed E-state index contributed by atoms with van der Waals surface area (Å²) in [6.45, 7) is 9.92. The Kier molecular flexibility index (Phi) is 8.36. The first-order chi connectivity index (χ1) is 12.3. The Hall–Kier alpha value is -2.30. The van der Waals surface area contributed by atoms with E-state index in [-0.39, 0.29) is 18.5 Å². The lowest BCUT2D eigenvalue weighted by molar-refractivity contribution is 0.0433. The van der Waals surface area contributed by atoms with Gasteiger partial charge < -0.3 is 14.4 Å². The van der Waals surface area contributed by atoms with Gasteiger partial charge in [-0.05, 0) is 52.4 Å². The van der Waals surface area contributed by atoms with Gasteiger partial charge in [-0.2, -0.15) is 0 Å². The number of fused-ring (bicyclic) bond motifs is 1. The highest BCUT2D eigenvalue weighted by Crippen LogP contribution is 2.34. The van der Waals surface area contributed by atoms with Crippen LogP contribution in [0, 0.1) is 5.82 Å². The zero-order chi connectivity index (χ0) is 19.9. The molecule has 0 radical (unpaired) electrons. The number of nitrogens with zero attached hydrogens (tertiary/aromatic N) is 1. The van der Waals surface area contributed by atoms with Crippen molar-refractivity contribution in [1.29, 1.82) is 0 Å². The van der Waals surface area contributed by atoms with Crippen LogP contribution in [0.5, 0.6) is 5.75 Å². The number of hydrogen-bond acceptors (Lipinski definition) is 3. The van der Waals surface area contributed by atoms with Crippen LogP contribution in [0.25, 0.3) is 10.8 Å². The van der Waals surface area contributed by atoms with Crippen molar-refractivity contribution in [2.75, 3.05) is 20.9 Å². The van der Waals surface area contributed by atoms with Crippen LogP contribution in [0.2, 0.25) is 0 Å². The zero-order valence-electron chi connectivity index (χ0n) is 16.9. The monoisotopic (exact) mass is 363 g/mol. The normalized spacial score (nSPS) is 10.3. The average molecular weight is 363 g/mol. The zero-order valence-corrected chi connectivity index (χ0v) is 16.9. The number of amides is 1. The number of ether oxygens (including phenoxy) is 2. The van der Waals surface area contributed by atoms with E-state index in [4.69, 9.17) is 9.47 Å².